The molecule has 0 unspecified atom stereocenters. The van der Waals surface area contributed by atoms with Crippen molar-refractivity contribution in [1.82, 2.24) is 5.32 Å². The Morgan fingerprint density at radius 3 is 2.47 bits per heavy atom. The SMILES string of the molecule is O=C(COc1ccc(F)cc1)N[C@H](CCO)C(=O)O. The molecule has 0 heterocycles. The Kier molecular flexibility index (Phi) is 5.74. The minimum absolute atomic E-state index is 0.0857. The molecule has 1 aromatic rings. The summed E-state index contributed by atoms with van der Waals surface area (Å²) in [6.45, 7) is -0.739. The van der Waals surface area contributed by atoms with Gasteiger partial charge in [0.15, 0.2) is 6.61 Å². The van der Waals surface area contributed by atoms with Gasteiger partial charge < -0.3 is 20.3 Å². The number of nitrogens with one attached hydrogen (secondary N) is 1. The highest BCUT2D eigenvalue weighted by Gasteiger charge is 2.19. The second kappa shape index (κ2) is 7.32. The number of ether oxygens (including phenoxy) is 1. The highest BCUT2D eigenvalue weighted by molar-refractivity contribution is 5.84. The number of aliphatic hydroxyl groups excluding tert-OH is 1. The lowest BCUT2D eigenvalue weighted by molar-refractivity contribution is -0.142. The number of benzene rings is 1. The van der Waals surface area contributed by atoms with Gasteiger partial charge in [-0.2, -0.15) is 0 Å². The summed E-state index contributed by atoms with van der Waals surface area (Å²) in [6.07, 6.45) is -0.0857. The Hall–Kier alpha value is -2.15. The Bertz CT molecular complexity index is 434. The Morgan fingerprint density at radius 1 is 1.32 bits per heavy atom. The molecule has 1 aromatic carbocycles. The summed E-state index contributed by atoms with van der Waals surface area (Å²) < 4.78 is 17.7. The van der Waals surface area contributed by atoms with Gasteiger partial charge in [0.25, 0.3) is 5.91 Å². The third kappa shape index (κ3) is 5.35. The van der Waals surface area contributed by atoms with Crippen molar-refractivity contribution in [3.8, 4) is 5.75 Å². The lowest BCUT2D eigenvalue weighted by Crippen LogP contribution is -2.43. The first-order valence-electron chi connectivity index (χ1n) is 5.54. The molecular weight excluding hydrogens is 257 g/mol. The molecule has 0 aliphatic heterocycles. The fourth-order valence-electron chi connectivity index (χ4n) is 1.30. The molecular formula is C12H14FNO5. The second-order valence-electron chi connectivity index (χ2n) is 3.71. The molecule has 104 valence electrons. The van der Waals surface area contributed by atoms with E-state index < -0.39 is 23.7 Å². The molecule has 0 saturated heterocycles. The van der Waals surface area contributed by atoms with Crippen molar-refractivity contribution in [2.45, 2.75) is 12.5 Å². The van der Waals surface area contributed by atoms with Crippen LogP contribution in [0.3, 0.4) is 0 Å². The van der Waals surface area contributed by atoms with Crippen molar-refractivity contribution in [3.05, 3.63) is 30.1 Å². The van der Waals surface area contributed by atoms with Gasteiger partial charge in [-0.05, 0) is 24.3 Å². The third-order valence-electron chi connectivity index (χ3n) is 2.23. The Balaban J connectivity index is 2.42. The molecule has 1 atom stereocenters. The van der Waals surface area contributed by atoms with Crippen molar-refractivity contribution in [1.29, 1.82) is 0 Å². The van der Waals surface area contributed by atoms with Crippen molar-refractivity contribution in [3.63, 3.8) is 0 Å². The van der Waals surface area contributed by atoms with Gasteiger partial charge in [-0.3, -0.25) is 4.79 Å². The minimum atomic E-state index is -1.23. The van der Waals surface area contributed by atoms with Gasteiger partial charge >= 0.3 is 5.97 Å². The molecule has 0 fully saturated rings. The van der Waals surface area contributed by atoms with Crippen LogP contribution in [0.4, 0.5) is 4.39 Å². The van der Waals surface area contributed by atoms with E-state index in [1.54, 1.807) is 0 Å². The van der Waals surface area contributed by atoms with E-state index in [4.69, 9.17) is 14.9 Å². The second-order valence-corrected chi connectivity index (χ2v) is 3.71. The first kappa shape index (κ1) is 14.9. The van der Waals surface area contributed by atoms with Gasteiger partial charge in [0.1, 0.15) is 17.6 Å². The van der Waals surface area contributed by atoms with Crippen LogP contribution in [-0.4, -0.2) is 41.3 Å². The van der Waals surface area contributed by atoms with E-state index in [-0.39, 0.29) is 19.6 Å². The lowest BCUT2D eigenvalue weighted by atomic mass is 10.2. The van der Waals surface area contributed by atoms with Gasteiger partial charge in [-0.15, -0.1) is 0 Å². The van der Waals surface area contributed by atoms with Crippen LogP contribution in [0.2, 0.25) is 0 Å². The lowest BCUT2D eigenvalue weighted by Gasteiger charge is -2.13. The summed E-state index contributed by atoms with van der Waals surface area (Å²) in [4.78, 5) is 22.1. The van der Waals surface area contributed by atoms with Gasteiger partial charge in [-0.25, -0.2) is 9.18 Å². The molecule has 0 radical (unpaired) electrons. The molecule has 1 amide bonds. The topological polar surface area (TPSA) is 95.9 Å². The molecule has 19 heavy (non-hydrogen) atoms. The van der Waals surface area contributed by atoms with Crippen molar-refractivity contribution in [2.75, 3.05) is 13.2 Å². The van der Waals surface area contributed by atoms with Crippen molar-refractivity contribution >= 4 is 11.9 Å². The zero-order valence-electron chi connectivity index (χ0n) is 10.0. The van der Waals surface area contributed by atoms with E-state index in [9.17, 15) is 14.0 Å². The van der Waals surface area contributed by atoms with Crippen LogP contribution in [0.25, 0.3) is 0 Å². The van der Waals surface area contributed by atoms with Gasteiger partial charge in [-0.1, -0.05) is 0 Å². The summed E-state index contributed by atoms with van der Waals surface area (Å²) in [5.74, 6) is -1.99. The quantitative estimate of drug-likeness (QED) is 0.656. The average molecular weight is 271 g/mol. The first-order chi connectivity index (χ1) is 9.02. The van der Waals surface area contributed by atoms with Crippen LogP contribution in [0.5, 0.6) is 5.75 Å². The van der Waals surface area contributed by atoms with Crippen LogP contribution in [0.1, 0.15) is 6.42 Å². The zero-order chi connectivity index (χ0) is 14.3. The molecule has 0 saturated carbocycles. The van der Waals surface area contributed by atoms with E-state index in [0.29, 0.717) is 5.75 Å². The number of amides is 1. The minimum Gasteiger partial charge on any atom is -0.484 e. The number of carboxylic acid groups (broad SMARTS) is 1. The van der Waals surface area contributed by atoms with Gasteiger partial charge in [0, 0.05) is 13.0 Å². The maximum Gasteiger partial charge on any atom is 0.326 e. The standard InChI is InChI=1S/C12H14FNO5/c13-8-1-3-9(4-2-8)19-7-11(16)14-10(5-6-15)12(17)18/h1-4,10,15H,5-7H2,(H,14,16)(H,17,18)/t10-/m1/s1. The Labute approximate surface area is 108 Å². The molecule has 1 rings (SSSR count). The van der Waals surface area contributed by atoms with Crippen LogP contribution in [-0.2, 0) is 9.59 Å². The molecule has 0 aliphatic carbocycles. The molecule has 6 nitrogen and oxygen atoms in total. The van der Waals surface area contributed by atoms with Gasteiger partial charge in [0.05, 0.1) is 0 Å². The smallest absolute Gasteiger partial charge is 0.326 e. The molecule has 0 aliphatic rings. The number of aliphatic carboxylic acids is 1. The number of carboxylic acids is 1. The molecule has 3 N–H and O–H groups in total. The largest absolute Gasteiger partial charge is 0.484 e. The molecule has 0 bridgehead atoms. The third-order valence-corrected chi connectivity index (χ3v) is 2.23. The first-order valence-corrected chi connectivity index (χ1v) is 5.54. The predicted octanol–water partition coefficient (Wildman–Crippen LogP) is 0.156. The van der Waals surface area contributed by atoms with E-state index in [0.717, 1.165) is 0 Å². The normalized spacial score (nSPS) is 11.7. The number of hydrogen-bond donors (Lipinski definition) is 3. The zero-order valence-corrected chi connectivity index (χ0v) is 10.0. The maximum atomic E-state index is 12.6. The van der Waals surface area contributed by atoms with Crippen LogP contribution in [0.15, 0.2) is 24.3 Å². The van der Waals surface area contributed by atoms with Crippen LogP contribution >= 0.6 is 0 Å². The van der Waals surface area contributed by atoms with Crippen LogP contribution < -0.4 is 10.1 Å². The molecule has 0 spiro atoms. The molecule has 0 aromatic heterocycles. The molecule has 7 heteroatoms. The summed E-state index contributed by atoms with van der Waals surface area (Å²) in [5, 5.41) is 19.6. The van der Waals surface area contributed by atoms with E-state index in [1.807, 2.05) is 0 Å². The number of aliphatic hydroxyl groups is 1. The fourth-order valence-corrected chi connectivity index (χ4v) is 1.30. The van der Waals surface area contributed by atoms with Crippen LogP contribution in [0, 0.1) is 5.82 Å². The van der Waals surface area contributed by atoms with E-state index in [1.165, 1.54) is 24.3 Å². The number of hydrogen-bond acceptors (Lipinski definition) is 4. The summed E-state index contributed by atoms with van der Waals surface area (Å²) >= 11 is 0. The van der Waals surface area contributed by atoms with E-state index >= 15 is 0 Å². The predicted molar refractivity (Wildman–Crippen MR) is 63.2 cm³/mol. The summed E-state index contributed by atoms with van der Waals surface area (Å²) in [7, 11) is 0. The number of carbonyl (C=O) groups is 2. The monoisotopic (exact) mass is 271 g/mol. The number of halogens is 1. The van der Waals surface area contributed by atoms with Crippen molar-refractivity contribution in [2.24, 2.45) is 0 Å². The highest BCUT2D eigenvalue weighted by Crippen LogP contribution is 2.10. The van der Waals surface area contributed by atoms with Gasteiger partial charge in [0.2, 0.25) is 0 Å². The van der Waals surface area contributed by atoms with Crippen molar-refractivity contribution < 1.29 is 28.9 Å². The number of rotatable bonds is 7. The fraction of sp³-hybridized carbons (Fsp3) is 0.333. The summed E-state index contributed by atoms with van der Waals surface area (Å²) in [6, 6.07) is 3.91. The Morgan fingerprint density at radius 2 is 1.95 bits per heavy atom. The highest BCUT2D eigenvalue weighted by atomic mass is 19.1. The number of carbonyl (C=O) groups excluding carboxylic acids is 1. The van der Waals surface area contributed by atoms with E-state index in [2.05, 4.69) is 5.32 Å². The summed E-state index contributed by atoms with van der Waals surface area (Å²) in [5.41, 5.74) is 0. The average Bonchev–Trinajstić information content (AvgIpc) is 2.37. The maximum absolute atomic E-state index is 12.6.